The normalized spacial score (nSPS) is 10.3. The predicted octanol–water partition coefficient (Wildman–Crippen LogP) is 0.0286. The number of ether oxygens (including phenoxy) is 1. The number of rotatable bonds is 4. The molecule has 0 saturated carbocycles. The second-order valence-electron chi connectivity index (χ2n) is 4.30. The molecule has 9 heteroatoms. The van der Waals surface area contributed by atoms with Gasteiger partial charge in [0.15, 0.2) is 11.5 Å². The minimum Gasteiger partial charge on any atom is -0.504 e. The van der Waals surface area contributed by atoms with Gasteiger partial charge in [0.05, 0.1) is 13.3 Å². The molecule has 3 N–H and O–H groups in total. The number of nitrogens with zero attached hydrogens (tertiary/aromatic N) is 1. The Morgan fingerprint density at radius 2 is 2.18 bits per heavy atom. The third kappa shape index (κ3) is 3.32. The minimum absolute atomic E-state index is 0.0978. The van der Waals surface area contributed by atoms with E-state index in [2.05, 4.69) is 5.32 Å². The van der Waals surface area contributed by atoms with E-state index in [1.807, 2.05) is 0 Å². The summed E-state index contributed by atoms with van der Waals surface area (Å²) in [5.41, 5.74) is -1.73. The number of carbonyl (C=O) groups excluding carboxylic acids is 1. The van der Waals surface area contributed by atoms with Gasteiger partial charge >= 0.3 is 5.69 Å². The lowest BCUT2D eigenvalue weighted by atomic mass is 10.2. The van der Waals surface area contributed by atoms with E-state index in [1.165, 1.54) is 25.3 Å². The first-order valence-electron chi connectivity index (χ1n) is 6.07. The number of benzene rings is 1. The molecular formula is C13H12FN3O5. The zero-order valence-electron chi connectivity index (χ0n) is 11.4. The second kappa shape index (κ2) is 6.12. The molecule has 1 aromatic heterocycles. The van der Waals surface area contributed by atoms with Gasteiger partial charge in [-0.15, -0.1) is 0 Å². The van der Waals surface area contributed by atoms with E-state index in [0.29, 0.717) is 11.9 Å². The smallest absolute Gasteiger partial charge is 0.328 e. The topological polar surface area (TPSA) is 113 Å². The Balaban J connectivity index is 2.15. The van der Waals surface area contributed by atoms with Crippen LogP contribution in [0.5, 0.6) is 11.5 Å². The van der Waals surface area contributed by atoms with Gasteiger partial charge in [-0.25, -0.2) is 4.79 Å². The summed E-state index contributed by atoms with van der Waals surface area (Å²) in [7, 11) is 1.35. The molecular weight excluding hydrogens is 297 g/mol. The standard InChI is InChI=1S/C13H12FN3O5/c1-22-10-4-7(2-3-9(10)18)15-11(19)6-17-5-8(14)12(20)16-13(17)21/h2-5,18H,6H2,1H3,(H,15,19)(H,16,20,21). The molecule has 0 saturated heterocycles. The van der Waals surface area contributed by atoms with Crippen molar-refractivity contribution in [1.82, 2.24) is 9.55 Å². The fraction of sp³-hybridized carbons (Fsp3) is 0.154. The largest absolute Gasteiger partial charge is 0.504 e. The maximum Gasteiger partial charge on any atom is 0.328 e. The molecule has 0 fully saturated rings. The summed E-state index contributed by atoms with van der Waals surface area (Å²) in [6.45, 7) is -0.490. The van der Waals surface area contributed by atoms with Crippen LogP contribution in [0, 0.1) is 5.82 Å². The molecule has 1 heterocycles. The predicted molar refractivity (Wildman–Crippen MR) is 74.6 cm³/mol. The number of amides is 1. The number of methoxy groups -OCH3 is 1. The number of aromatic nitrogens is 2. The van der Waals surface area contributed by atoms with Crippen LogP contribution in [0.15, 0.2) is 34.0 Å². The maximum atomic E-state index is 13.1. The quantitative estimate of drug-likeness (QED) is 0.690. The lowest BCUT2D eigenvalue weighted by Gasteiger charge is -2.09. The summed E-state index contributed by atoms with van der Waals surface area (Å²) < 4.78 is 18.7. The molecule has 116 valence electrons. The number of aromatic hydroxyl groups is 1. The summed E-state index contributed by atoms with van der Waals surface area (Å²) in [5.74, 6) is -1.73. The Kier molecular flexibility index (Phi) is 4.25. The molecule has 0 aliphatic carbocycles. The highest BCUT2D eigenvalue weighted by atomic mass is 19.1. The first-order valence-corrected chi connectivity index (χ1v) is 6.07. The van der Waals surface area contributed by atoms with E-state index in [4.69, 9.17) is 4.74 Å². The second-order valence-corrected chi connectivity index (χ2v) is 4.30. The zero-order chi connectivity index (χ0) is 16.3. The van der Waals surface area contributed by atoms with E-state index in [0.717, 1.165) is 4.57 Å². The number of carbonyl (C=O) groups is 1. The Hall–Kier alpha value is -3.10. The molecule has 2 rings (SSSR count). The Morgan fingerprint density at radius 3 is 2.86 bits per heavy atom. The van der Waals surface area contributed by atoms with E-state index in [1.54, 1.807) is 4.98 Å². The third-order valence-corrected chi connectivity index (χ3v) is 2.74. The number of aromatic amines is 1. The number of hydrogen-bond acceptors (Lipinski definition) is 5. The minimum atomic E-state index is -1.17. The van der Waals surface area contributed by atoms with Crippen LogP contribution in [0.1, 0.15) is 0 Å². The van der Waals surface area contributed by atoms with Gasteiger partial charge in [0.25, 0.3) is 5.56 Å². The SMILES string of the molecule is COc1cc(NC(=O)Cn2cc(F)c(=O)[nH]c2=O)ccc1O. The van der Waals surface area contributed by atoms with Crippen molar-refractivity contribution in [3.8, 4) is 11.5 Å². The molecule has 0 spiro atoms. The summed E-state index contributed by atoms with van der Waals surface area (Å²) >= 11 is 0. The Labute approximate surface area is 122 Å². The average molecular weight is 309 g/mol. The fourth-order valence-corrected chi connectivity index (χ4v) is 1.71. The summed E-state index contributed by atoms with van der Waals surface area (Å²) in [6, 6.07) is 4.12. The summed E-state index contributed by atoms with van der Waals surface area (Å²) in [6.07, 6.45) is 0.651. The van der Waals surface area contributed by atoms with Crippen molar-refractivity contribution < 1.29 is 19.0 Å². The molecule has 2 aromatic rings. The number of phenolic OH excluding ortho intramolecular Hbond substituents is 1. The van der Waals surface area contributed by atoms with Crippen LogP contribution in [0.2, 0.25) is 0 Å². The van der Waals surface area contributed by atoms with Gasteiger partial charge in [0.2, 0.25) is 11.7 Å². The molecule has 0 atom stereocenters. The number of hydrogen-bond donors (Lipinski definition) is 3. The van der Waals surface area contributed by atoms with Gasteiger partial charge in [-0.1, -0.05) is 0 Å². The highest BCUT2D eigenvalue weighted by Crippen LogP contribution is 2.28. The van der Waals surface area contributed by atoms with Crippen LogP contribution in [0.3, 0.4) is 0 Å². The monoisotopic (exact) mass is 309 g/mol. The van der Waals surface area contributed by atoms with Crippen LogP contribution in [0.25, 0.3) is 0 Å². The Morgan fingerprint density at radius 1 is 1.45 bits per heavy atom. The maximum absolute atomic E-state index is 13.1. The highest BCUT2D eigenvalue weighted by molar-refractivity contribution is 5.90. The fourth-order valence-electron chi connectivity index (χ4n) is 1.71. The first kappa shape index (κ1) is 15.3. The van der Waals surface area contributed by atoms with Crippen molar-refractivity contribution in [2.75, 3.05) is 12.4 Å². The number of nitrogens with one attached hydrogen (secondary N) is 2. The molecule has 1 amide bonds. The molecule has 0 bridgehead atoms. The van der Waals surface area contributed by atoms with Gasteiger partial charge < -0.3 is 15.2 Å². The Bertz CT molecular complexity index is 827. The zero-order valence-corrected chi connectivity index (χ0v) is 11.4. The van der Waals surface area contributed by atoms with Crippen LogP contribution < -0.4 is 21.3 Å². The number of halogens is 1. The van der Waals surface area contributed by atoms with E-state index in [9.17, 15) is 23.9 Å². The highest BCUT2D eigenvalue weighted by Gasteiger charge is 2.10. The van der Waals surface area contributed by atoms with Crippen molar-refractivity contribution in [1.29, 1.82) is 0 Å². The molecule has 0 aliphatic rings. The van der Waals surface area contributed by atoms with E-state index in [-0.39, 0.29) is 11.5 Å². The first-order chi connectivity index (χ1) is 10.4. The summed E-state index contributed by atoms with van der Waals surface area (Å²) in [4.78, 5) is 35.9. The number of phenols is 1. The molecule has 22 heavy (non-hydrogen) atoms. The lowest BCUT2D eigenvalue weighted by molar-refractivity contribution is -0.116. The van der Waals surface area contributed by atoms with Crippen molar-refractivity contribution in [3.05, 3.63) is 51.1 Å². The third-order valence-electron chi connectivity index (χ3n) is 2.74. The van der Waals surface area contributed by atoms with Crippen LogP contribution in [-0.4, -0.2) is 27.7 Å². The molecule has 0 radical (unpaired) electrons. The lowest BCUT2D eigenvalue weighted by Crippen LogP contribution is -2.34. The van der Waals surface area contributed by atoms with Crippen molar-refractivity contribution in [3.63, 3.8) is 0 Å². The van der Waals surface area contributed by atoms with Gasteiger partial charge in [0, 0.05) is 11.8 Å². The molecule has 1 aromatic carbocycles. The van der Waals surface area contributed by atoms with Crippen LogP contribution >= 0.6 is 0 Å². The van der Waals surface area contributed by atoms with Gasteiger partial charge in [0.1, 0.15) is 6.54 Å². The number of H-pyrrole nitrogens is 1. The van der Waals surface area contributed by atoms with Crippen molar-refractivity contribution >= 4 is 11.6 Å². The molecule has 8 nitrogen and oxygen atoms in total. The van der Waals surface area contributed by atoms with E-state index < -0.39 is 29.5 Å². The summed E-state index contributed by atoms with van der Waals surface area (Å²) in [5, 5.41) is 11.9. The van der Waals surface area contributed by atoms with Gasteiger partial charge in [-0.05, 0) is 12.1 Å². The van der Waals surface area contributed by atoms with Crippen LogP contribution in [-0.2, 0) is 11.3 Å². The van der Waals surface area contributed by atoms with Crippen molar-refractivity contribution in [2.45, 2.75) is 6.54 Å². The van der Waals surface area contributed by atoms with Crippen molar-refractivity contribution in [2.24, 2.45) is 0 Å². The molecule has 0 unspecified atom stereocenters. The van der Waals surface area contributed by atoms with Crippen LogP contribution in [0.4, 0.5) is 10.1 Å². The average Bonchev–Trinajstić information content (AvgIpc) is 2.46. The van der Waals surface area contributed by atoms with E-state index >= 15 is 0 Å². The molecule has 0 aliphatic heterocycles. The van der Waals surface area contributed by atoms with Gasteiger partial charge in [-0.3, -0.25) is 19.1 Å². The number of anilines is 1. The van der Waals surface area contributed by atoms with Gasteiger partial charge in [-0.2, -0.15) is 4.39 Å².